The Morgan fingerprint density at radius 2 is 2.25 bits per heavy atom. The van der Waals surface area contributed by atoms with Crippen LogP contribution in [0, 0.1) is 5.92 Å². The molecule has 20 heavy (non-hydrogen) atoms. The van der Waals surface area contributed by atoms with Crippen molar-refractivity contribution in [1.82, 2.24) is 25.4 Å². The minimum atomic E-state index is -0.156. The molecule has 0 radical (unpaired) electrons. The molecule has 1 saturated heterocycles. The van der Waals surface area contributed by atoms with Crippen LogP contribution in [0.15, 0.2) is 0 Å². The van der Waals surface area contributed by atoms with Gasteiger partial charge < -0.3 is 10.2 Å². The van der Waals surface area contributed by atoms with E-state index in [0.29, 0.717) is 17.9 Å². The second kappa shape index (κ2) is 5.52. The summed E-state index contributed by atoms with van der Waals surface area (Å²) in [7, 11) is 0. The first kappa shape index (κ1) is 13.5. The molecule has 1 aromatic rings. The zero-order valence-electron chi connectivity index (χ0n) is 12.2. The van der Waals surface area contributed by atoms with E-state index in [1.54, 1.807) is 0 Å². The Labute approximate surface area is 119 Å². The predicted octanol–water partition coefficient (Wildman–Crippen LogP) is 1.14. The maximum atomic E-state index is 12.0. The van der Waals surface area contributed by atoms with Crippen LogP contribution in [0.2, 0.25) is 0 Å². The van der Waals surface area contributed by atoms with Crippen LogP contribution >= 0.6 is 0 Å². The molecule has 2 N–H and O–H groups in total. The van der Waals surface area contributed by atoms with Gasteiger partial charge in [-0.05, 0) is 45.6 Å². The van der Waals surface area contributed by atoms with E-state index in [4.69, 9.17) is 0 Å². The summed E-state index contributed by atoms with van der Waals surface area (Å²) >= 11 is 0. The molecule has 3 rings (SSSR count). The number of rotatable bonds is 5. The smallest absolute Gasteiger partial charge is 0.290 e. The minimum absolute atomic E-state index is 0.156. The number of aromatic nitrogens is 3. The summed E-state index contributed by atoms with van der Waals surface area (Å²) in [6.07, 6.45) is 3.46. The third-order valence-corrected chi connectivity index (χ3v) is 4.27. The molecule has 6 nitrogen and oxygen atoms in total. The topological polar surface area (TPSA) is 73.9 Å². The lowest BCUT2D eigenvalue weighted by molar-refractivity contribution is 0.0937. The highest BCUT2D eigenvalue weighted by atomic mass is 16.2. The van der Waals surface area contributed by atoms with E-state index in [1.165, 1.54) is 0 Å². The summed E-state index contributed by atoms with van der Waals surface area (Å²) in [5.41, 5.74) is 0. The van der Waals surface area contributed by atoms with Crippen molar-refractivity contribution in [3.05, 3.63) is 11.6 Å². The number of aromatic amines is 1. The number of H-pyrrole nitrogens is 1. The number of likely N-dealkylation sites (tertiary alicyclic amines) is 1. The fourth-order valence-corrected chi connectivity index (χ4v) is 2.73. The van der Waals surface area contributed by atoms with Crippen molar-refractivity contribution in [2.24, 2.45) is 5.92 Å². The lowest BCUT2D eigenvalue weighted by atomic mass is 10.1. The van der Waals surface area contributed by atoms with Gasteiger partial charge in [0.1, 0.15) is 5.82 Å². The van der Waals surface area contributed by atoms with Gasteiger partial charge in [-0.3, -0.25) is 9.89 Å². The van der Waals surface area contributed by atoms with Gasteiger partial charge in [-0.25, -0.2) is 4.98 Å². The quantitative estimate of drug-likeness (QED) is 0.846. The molecule has 2 aliphatic rings. The van der Waals surface area contributed by atoms with Crippen molar-refractivity contribution in [1.29, 1.82) is 0 Å². The Bertz CT molecular complexity index is 480. The van der Waals surface area contributed by atoms with Crippen LogP contribution in [0.4, 0.5) is 0 Å². The molecular weight excluding hydrogens is 254 g/mol. The standard InChI is InChI=1S/C14H23N5O/c1-9(2)19-6-5-10(8-19)7-15-14(20)13-16-12(17-18-13)11-3-4-11/h9-11H,3-8H2,1-2H3,(H,15,20)(H,16,17,18). The molecule has 2 fully saturated rings. The third kappa shape index (κ3) is 3.00. The number of nitrogens with zero attached hydrogens (tertiary/aromatic N) is 3. The van der Waals surface area contributed by atoms with E-state index in [-0.39, 0.29) is 11.7 Å². The number of hydrogen-bond acceptors (Lipinski definition) is 4. The van der Waals surface area contributed by atoms with Crippen LogP contribution < -0.4 is 5.32 Å². The SMILES string of the molecule is CC(C)N1CCC(CNC(=O)c2n[nH]c(C3CC3)n2)C1. The number of amides is 1. The summed E-state index contributed by atoms with van der Waals surface area (Å²) in [6, 6.07) is 0.588. The molecule has 110 valence electrons. The van der Waals surface area contributed by atoms with Crippen LogP contribution in [0.1, 0.15) is 55.5 Å². The first-order chi connectivity index (χ1) is 9.63. The number of carbonyl (C=O) groups excluding carboxylic acids is 1. The second-order valence-corrected chi connectivity index (χ2v) is 6.27. The summed E-state index contributed by atoms with van der Waals surface area (Å²) < 4.78 is 0. The summed E-state index contributed by atoms with van der Waals surface area (Å²) in [6.45, 7) is 7.35. The van der Waals surface area contributed by atoms with Crippen molar-refractivity contribution >= 4 is 5.91 Å². The summed E-state index contributed by atoms with van der Waals surface area (Å²) in [4.78, 5) is 18.7. The van der Waals surface area contributed by atoms with Gasteiger partial charge in [-0.15, -0.1) is 5.10 Å². The lowest BCUT2D eigenvalue weighted by Crippen LogP contribution is -2.33. The van der Waals surface area contributed by atoms with Crippen molar-refractivity contribution < 1.29 is 4.79 Å². The number of hydrogen-bond donors (Lipinski definition) is 2. The largest absolute Gasteiger partial charge is 0.349 e. The van der Waals surface area contributed by atoms with Gasteiger partial charge in [0.2, 0.25) is 5.82 Å². The predicted molar refractivity (Wildman–Crippen MR) is 75.5 cm³/mol. The maximum Gasteiger partial charge on any atom is 0.290 e. The van der Waals surface area contributed by atoms with Crippen molar-refractivity contribution in [3.8, 4) is 0 Å². The summed E-state index contributed by atoms with van der Waals surface area (Å²) in [5.74, 6) is 2.03. The van der Waals surface area contributed by atoms with Gasteiger partial charge in [0.15, 0.2) is 0 Å². The van der Waals surface area contributed by atoms with Crippen LogP contribution in [0.5, 0.6) is 0 Å². The molecule has 0 bridgehead atoms. The van der Waals surface area contributed by atoms with E-state index in [0.717, 1.165) is 44.7 Å². The van der Waals surface area contributed by atoms with Gasteiger partial charge >= 0.3 is 0 Å². The molecule has 0 aromatic carbocycles. The van der Waals surface area contributed by atoms with Crippen LogP contribution in [0.3, 0.4) is 0 Å². The first-order valence-electron chi connectivity index (χ1n) is 7.58. The van der Waals surface area contributed by atoms with Gasteiger partial charge in [-0.2, -0.15) is 0 Å². The van der Waals surface area contributed by atoms with Crippen molar-refractivity contribution in [2.45, 2.75) is 45.1 Å². The molecule has 0 spiro atoms. The minimum Gasteiger partial charge on any atom is -0.349 e. The molecule has 1 unspecified atom stereocenters. The fourth-order valence-electron chi connectivity index (χ4n) is 2.73. The van der Waals surface area contributed by atoms with E-state index < -0.39 is 0 Å². The molecule has 1 saturated carbocycles. The fraction of sp³-hybridized carbons (Fsp3) is 0.786. The Balaban J connectivity index is 1.47. The Hall–Kier alpha value is -1.43. The lowest BCUT2D eigenvalue weighted by Gasteiger charge is -2.20. The van der Waals surface area contributed by atoms with Gasteiger partial charge in [0.25, 0.3) is 5.91 Å². The second-order valence-electron chi connectivity index (χ2n) is 6.27. The van der Waals surface area contributed by atoms with Crippen molar-refractivity contribution in [2.75, 3.05) is 19.6 Å². The van der Waals surface area contributed by atoms with Gasteiger partial charge in [0, 0.05) is 25.0 Å². The Kier molecular flexibility index (Phi) is 3.74. The zero-order valence-corrected chi connectivity index (χ0v) is 12.2. The summed E-state index contributed by atoms with van der Waals surface area (Å²) in [5, 5.41) is 9.84. The Morgan fingerprint density at radius 3 is 2.90 bits per heavy atom. The van der Waals surface area contributed by atoms with E-state index in [2.05, 4.69) is 39.2 Å². The van der Waals surface area contributed by atoms with Crippen molar-refractivity contribution in [3.63, 3.8) is 0 Å². The molecule has 2 heterocycles. The normalized spacial score (nSPS) is 23.4. The van der Waals surface area contributed by atoms with Crippen LogP contribution in [-0.4, -0.2) is 51.7 Å². The highest BCUT2D eigenvalue weighted by molar-refractivity contribution is 5.90. The highest BCUT2D eigenvalue weighted by Gasteiger charge is 2.29. The molecule has 1 atom stereocenters. The van der Waals surface area contributed by atoms with E-state index in [1.807, 2.05) is 0 Å². The average molecular weight is 277 g/mol. The molecular formula is C14H23N5O. The molecule has 1 aliphatic heterocycles. The number of carbonyl (C=O) groups is 1. The number of nitrogens with one attached hydrogen (secondary N) is 2. The molecule has 1 aliphatic carbocycles. The zero-order chi connectivity index (χ0) is 14.1. The van der Waals surface area contributed by atoms with Crippen LogP contribution in [0.25, 0.3) is 0 Å². The highest BCUT2D eigenvalue weighted by Crippen LogP contribution is 2.37. The molecule has 6 heteroatoms. The molecule has 1 aromatic heterocycles. The Morgan fingerprint density at radius 1 is 1.45 bits per heavy atom. The van der Waals surface area contributed by atoms with E-state index in [9.17, 15) is 4.79 Å². The van der Waals surface area contributed by atoms with E-state index >= 15 is 0 Å². The molecule has 1 amide bonds. The van der Waals surface area contributed by atoms with Gasteiger partial charge in [0.05, 0.1) is 0 Å². The van der Waals surface area contributed by atoms with Gasteiger partial charge in [-0.1, -0.05) is 0 Å². The monoisotopic (exact) mass is 277 g/mol. The maximum absolute atomic E-state index is 12.0. The first-order valence-corrected chi connectivity index (χ1v) is 7.58. The van der Waals surface area contributed by atoms with Crippen LogP contribution in [-0.2, 0) is 0 Å². The average Bonchev–Trinajstić information content (AvgIpc) is 2.98. The third-order valence-electron chi connectivity index (χ3n) is 4.27.